The van der Waals surface area contributed by atoms with Gasteiger partial charge in [0.15, 0.2) is 0 Å². The van der Waals surface area contributed by atoms with Crippen molar-refractivity contribution in [2.45, 2.75) is 6.92 Å². The van der Waals surface area contributed by atoms with E-state index in [4.69, 9.17) is 5.73 Å². The van der Waals surface area contributed by atoms with E-state index in [1.54, 1.807) is 9.80 Å². The van der Waals surface area contributed by atoms with Crippen LogP contribution in [-0.2, 0) is 4.79 Å². The van der Waals surface area contributed by atoms with Crippen LogP contribution in [0.5, 0.6) is 0 Å². The Labute approximate surface area is 110 Å². The second kappa shape index (κ2) is 5.49. The van der Waals surface area contributed by atoms with E-state index in [0.717, 1.165) is 9.75 Å². The zero-order valence-electron chi connectivity index (χ0n) is 10.4. The third-order valence-electron chi connectivity index (χ3n) is 3.05. The number of aryl methyl sites for hydroxylation is 1. The van der Waals surface area contributed by atoms with E-state index in [-0.39, 0.29) is 18.4 Å². The maximum Gasteiger partial charge on any atom is 0.264 e. The highest BCUT2D eigenvalue weighted by Gasteiger charge is 2.24. The molecule has 0 unspecified atom stereocenters. The van der Waals surface area contributed by atoms with Gasteiger partial charge in [0, 0.05) is 31.1 Å². The Kier molecular flexibility index (Phi) is 3.98. The highest BCUT2D eigenvalue weighted by molar-refractivity contribution is 7.13. The molecule has 0 aliphatic carbocycles. The highest BCUT2D eigenvalue weighted by Crippen LogP contribution is 2.18. The Balaban J connectivity index is 1.94. The zero-order chi connectivity index (χ0) is 13.1. The first-order valence-electron chi connectivity index (χ1n) is 5.95. The summed E-state index contributed by atoms with van der Waals surface area (Å²) in [6.07, 6.45) is 0. The van der Waals surface area contributed by atoms with Gasteiger partial charge in [-0.15, -0.1) is 11.3 Å². The average Bonchev–Trinajstić information content (AvgIpc) is 2.84. The summed E-state index contributed by atoms with van der Waals surface area (Å²) in [7, 11) is 0. The molecule has 0 aromatic carbocycles. The lowest BCUT2D eigenvalue weighted by molar-refractivity contribution is -0.131. The molecule has 1 aliphatic heterocycles. The minimum atomic E-state index is -0.0472. The Morgan fingerprint density at radius 2 is 1.83 bits per heavy atom. The van der Waals surface area contributed by atoms with Crippen LogP contribution < -0.4 is 5.73 Å². The number of rotatable bonds is 2. The number of carbonyl (C=O) groups excluding carboxylic acids is 2. The molecule has 6 heteroatoms. The third kappa shape index (κ3) is 2.70. The summed E-state index contributed by atoms with van der Waals surface area (Å²) in [4.78, 5) is 29.0. The van der Waals surface area contributed by atoms with Crippen LogP contribution in [-0.4, -0.2) is 54.3 Å². The molecule has 98 valence electrons. The smallest absolute Gasteiger partial charge is 0.264 e. The minimum Gasteiger partial charge on any atom is -0.338 e. The quantitative estimate of drug-likeness (QED) is 0.838. The molecule has 1 aromatic rings. The molecule has 0 atom stereocenters. The molecule has 18 heavy (non-hydrogen) atoms. The molecule has 2 heterocycles. The van der Waals surface area contributed by atoms with Crippen molar-refractivity contribution in [3.05, 3.63) is 21.9 Å². The van der Waals surface area contributed by atoms with Crippen molar-refractivity contribution in [1.82, 2.24) is 9.80 Å². The molecule has 2 N–H and O–H groups in total. The molecule has 2 amide bonds. The van der Waals surface area contributed by atoms with E-state index in [1.807, 2.05) is 19.1 Å². The molecule has 2 rings (SSSR count). The highest BCUT2D eigenvalue weighted by atomic mass is 32.1. The van der Waals surface area contributed by atoms with Crippen molar-refractivity contribution in [1.29, 1.82) is 0 Å². The zero-order valence-corrected chi connectivity index (χ0v) is 11.2. The predicted octanol–water partition coefficient (Wildman–Crippen LogP) is 0.300. The van der Waals surface area contributed by atoms with Gasteiger partial charge >= 0.3 is 0 Å². The summed E-state index contributed by atoms with van der Waals surface area (Å²) >= 11 is 1.51. The third-order valence-corrected chi connectivity index (χ3v) is 4.03. The molecule has 1 aliphatic rings. The summed E-state index contributed by atoms with van der Waals surface area (Å²) < 4.78 is 0. The predicted molar refractivity (Wildman–Crippen MR) is 70.6 cm³/mol. The fourth-order valence-corrected chi connectivity index (χ4v) is 2.83. The first-order chi connectivity index (χ1) is 8.61. The fraction of sp³-hybridized carbons (Fsp3) is 0.500. The summed E-state index contributed by atoms with van der Waals surface area (Å²) in [6, 6.07) is 3.81. The topological polar surface area (TPSA) is 66.6 Å². The van der Waals surface area contributed by atoms with Crippen LogP contribution in [0.3, 0.4) is 0 Å². The number of nitrogens with zero attached hydrogens (tertiary/aromatic N) is 2. The Morgan fingerprint density at radius 3 is 2.33 bits per heavy atom. The van der Waals surface area contributed by atoms with E-state index in [0.29, 0.717) is 26.2 Å². The monoisotopic (exact) mass is 267 g/mol. The number of hydrogen-bond acceptors (Lipinski definition) is 4. The van der Waals surface area contributed by atoms with Crippen molar-refractivity contribution >= 4 is 23.2 Å². The Morgan fingerprint density at radius 1 is 1.22 bits per heavy atom. The van der Waals surface area contributed by atoms with Crippen LogP contribution in [0, 0.1) is 6.92 Å². The van der Waals surface area contributed by atoms with Crippen LogP contribution in [0.4, 0.5) is 0 Å². The van der Waals surface area contributed by atoms with Gasteiger partial charge < -0.3 is 15.5 Å². The van der Waals surface area contributed by atoms with Crippen molar-refractivity contribution in [3.8, 4) is 0 Å². The molecule has 0 spiro atoms. The van der Waals surface area contributed by atoms with Gasteiger partial charge in [-0.2, -0.15) is 0 Å². The normalized spacial score (nSPS) is 15.9. The summed E-state index contributed by atoms with van der Waals surface area (Å²) in [5.41, 5.74) is 5.32. The van der Waals surface area contributed by atoms with Gasteiger partial charge in [-0.1, -0.05) is 0 Å². The molecule has 5 nitrogen and oxygen atoms in total. The lowest BCUT2D eigenvalue weighted by Crippen LogP contribution is -2.51. The molecule has 1 saturated heterocycles. The molecular weight excluding hydrogens is 250 g/mol. The maximum absolute atomic E-state index is 12.2. The molecular formula is C12H17N3O2S. The van der Waals surface area contributed by atoms with Gasteiger partial charge in [0.25, 0.3) is 5.91 Å². The lowest BCUT2D eigenvalue weighted by Gasteiger charge is -2.34. The standard InChI is InChI=1S/C12H17N3O2S/c1-9-2-3-10(18-9)12(17)15-6-4-14(5-7-15)11(16)8-13/h2-3H,4-8,13H2,1H3. The number of thiophene rings is 1. The van der Waals surface area contributed by atoms with Gasteiger partial charge in [0.2, 0.25) is 5.91 Å². The van der Waals surface area contributed by atoms with Crippen LogP contribution in [0.1, 0.15) is 14.5 Å². The molecule has 1 fully saturated rings. The van der Waals surface area contributed by atoms with Crippen LogP contribution in [0.25, 0.3) is 0 Å². The molecule has 0 bridgehead atoms. The van der Waals surface area contributed by atoms with Gasteiger partial charge in [-0.05, 0) is 19.1 Å². The number of carbonyl (C=O) groups is 2. The summed E-state index contributed by atoms with van der Waals surface area (Å²) in [5.74, 6) is 0.0158. The lowest BCUT2D eigenvalue weighted by atomic mass is 10.3. The number of hydrogen-bond donors (Lipinski definition) is 1. The Hall–Kier alpha value is -1.40. The first kappa shape index (κ1) is 13.0. The second-order valence-corrected chi connectivity index (χ2v) is 5.58. The van der Waals surface area contributed by atoms with Gasteiger partial charge in [-0.25, -0.2) is 0 Å². The average molecular weight is 267 g/mol. The van der Waals surface area contributed by atoms with E-state index in [2.05, 4.69) is 0 Å². The second-order valence-electron chi connectivity index (χ2n) is 4.29. The fourth-order valence-electron chi connectivity index (χ4n) is 1.99. The molecule has 0 saturated carbocycles. The van der Waals surface area contributed by atoms with Crippen molar-refractivity contribution in [2.75, 3.05) is 32.7 Å². The first-order valence-corrected chi connectivity index (χ1v) is 6.77. The molecule has 0 radical (unpaired) electrons. The van der Waals surface area contributed by atoms with Gasteiger partial charge in [0.05, 0.1) is 11.4 Å². The number of nitrogens with two attached hydrogens (primary N) is 1. The van der Waals surface area contributed by atoms with Crippen molar-refractivity contribution in [3.63, 3.8) is 0 Å². The van der Waals surface area contributed by atoms with Crippen LogP contribution in [0.15, 0.2) is 12.1 Å². The van der Waals surface area contributed by atoms with E-state index in [9.17, 15) is 9.59 Å². The van der Waals surface area contributed by atoms with Crippen molar-refractivity contribution < 1.29 is 9.59 Å². The van der Waals surface area contributed by atoms with Gasteiger partial charge in [0.1, 0.15) is 0 Å². The SMILES string of the molecule is Cc1ccc(C(=O)N2CCN(C(=O)CN)CC2)s1. The van der Waals surface area contributed by atoms with E-state index >= 15 is 0 Å². The van der Waals surface area contributed by atoms with E-state index < -0.39 is 0 Å². The van der Waals surface area contributed by atoms with Crippen LogP contribution in [0.2, 0.25) is 0 Å². The summed E-state index contributed by atoms with van der Waals surface area (Å²) in [6.45, 7) is 4.35. The molecule has 1 aromatic heterocycles. The summed E-state index contributed by atoms with van der Waals surface area (Å²) in [5, 5.41) is 0. The number of amides is 2. The largest absolute Gasteiger partial charge is 0.338 e. The van der Waals surface area contributed by atoms with Crippen molar-refractivity contribution in [2.24, 2.45) is 5.73 Å². The maximum atomic E-state index is 12.2. The Bertz CT molecular complexity index is 450. The van der Waals surface area contributed by atoms with Gasteiger partial charge in [-0.3, -0.25) is 9.59 Å². The minimum absolute atomic E-state index is 0.0397. The van der Waals surface area contributed by atoms with E-state index in [1.165, 1.54) is 11.3 Å². The van der Waals surface area contributed by atoms with Crippen LogP contribution >= 0.6 is 11.3 Å². The number of piperazine rings is 1.